The first kappa shape index (κ1) is 37.5. The number of rotatable bonds is 13. The molecule has 0 aliphatic heterocycles. The van der Waals surface area contributed by atoms with Gasteiger partial charge in [0.2, 0.25) is 6.08 Å². The second-order valence-electron chi connectivity index (χ2n) is 10.6. The second-order valence-corrected chi connectivity index (χ2v) is 10.6. The van der Waals surface area contributed by atoms with E-state index in [0.717, 1.165) is 24.0 Å². The van der Waals surface area contributed by atoms with Crippen LogP contribution in [0, 0.1) is 6.92 Å². The van der Waals surface area contributed by atoms with E-state index in [-0.39, 0.29) is 38.0 Å². The molecule has 2 N–H and O–H groups in total. The van der Waals surface area contributed by atoms with E-state index in [1.54, 1.807) is 14.0 Å². The summed E-state index contributed by atoms with van der Waals surface area (Å²) in [5.74, 6) is -0.0741. The lowest BCUT2D eigenvalue weighted by molar-refractivity contribution is -0.144. The Kier molecular flexibility index (Phi) is 17.8. The molecule has 242 valence electrons. The molecule has 0 saturated carbocycles. The number of aliphatic imine (C=N–C) groups is 1. The van der Waals surface area contributed by atoms with Crippen LogP contribution in [0.5, 0.6) is 0 Å². The minimum atomic E-state index is -0.245. The molecule has 0 saturated heterocycles. The number of isocyanates is 1. The molecule has 4 aromatic carbocycles. The average Bonchev–Trinajstić information content (AvgIpc) is 3.05. The molecule has 4 aromatic rings. The Morgan fingerprint density at radius 1 is 0.652 bits per heavy atom. The molecule has 0 atom stereocenters. The van der Waals surface area contributed by atoms with Gasteiger partial charge in [-0.05, 0) is 72.2 Å². The molecule has 4 rings (SSSR count). The predicted octanol–water partition coefficient (Wildman–Crippen LogP) is 5.67. The Balaban J connectivity index is 0.000000302. The lowest BCUT2D eigenvalue weighted by Crippen LogP contribution is -2.11. The molecule has 0 unspecified atom stereocenters. The van der Waals surface area contributed by atoms with E-state index in [0.29, 0.717) is 18.7 Å². The number of carbonyl (C=O) groups is 2. The SMILES string of the molecule is COCCOC(=O)Cc1ccc(Cc2ccc(CC(C)=O)cc2)cc1.Cc1ccc(Cc2ccc(N=C=O)cc2)cc1.OCCO. The first-order chi connectivity index (χ1) is 22.3. The van der Waals surface area contributed by atoms with Crippen molar-refractivity contribution >= 4 is 23.5 Å². The highest BCUT2D eigenvalue weighted by Gasteiger charge is 2.06. The third-order valence-corrected chi connectivity index (χ3v) is 6.55. The highest BCUT2D eigenvalue weighted by atomic mass is 16.6. The van der Waals surface area contributed by atoms with Crippen LogP contribution in [0.15, 0.2) is 102 Å². The Morgan fingerprint density at radius 3 is 1.48 bits per heavy atom. The average molecular weight is 626 g/mol. The Labute approximate surface area is 271 Å². The lowest BCUT2D eigenvalue weighted by atomic mass is 10.0. The van der Waals surface area contributed by atoms with Crippen LogP contribution in [0.25, 0.3) is 0 Å². The predicted molar refractivity (Wildman–Crippen MR) is 179 cm³/mol. The van der Waals surface area contributed by atoms with Crippen LogP contribution in [0.4, 0.5) is 5.69 Å². The van der Waals surface area contributed by atoms with Crippen LogP contribution < -0.4 is 0 Å². The number of aliphatic hydroxyl groups excluding tert-OH is 2. The van der Waals surface area contributed by atoms with Crippen LogP contribution in [0.2, 0.25) is 0 Å². The molecule has 0 heterocycles. The maximum atomic E-state index is 11.7. The van der Waals surface area contributed by atoms with E-state index in [1.165, 1.54) is 33.9 Å². The van der Waals surface area contributed by atoms with E-state index in [4.69, 9.17) is 19.7 Å². The quantitative estimate of drug-likeness (QED) is 0.0850. The number of hydrogen-bond acceptors (Lipinski definition) is 8. The summed E-state index contributed by atoms with van der Waals surface area (Å²) in [5.41, 5.74) is 8.74. The Bertz CT molecular complexity index is 1490. The Morgan fingerprint density at radius 2 is 1.07 bits per heavy atom. The van der Waals surface area contributed by atoms with Gasteiger partial charge in [-0.15, -0.1) is 0 Å². The van der Waals surface area contributed by atoms with Gasteiger partial charge < -0.3 is 19.7 Å². The van der Waals surface area contributed by atoms with Gasteiger partial charge >= 0.3 is 5.97 Å². The van der Waals surface area contributed by atoms with Crippen LogP contribution in [-0.2, 0) is 49.5 Å². The van der Waals surface area contributed by atoms with Gasteiger partial charge in [0.25, 0.3) is 0 Å². The van der Waals surface area contributed by atoms with Crippen molar-refractivity contribution in [1.82, 2.24) is 0 Å². The number of benzene rings is 4. The zero-order valence-corrected chi connectivity index (χ0v) is 26.8. The van der Waals surface area contributed by atoms with Crippen molar-refractivity contribution in [2.75, 3.05) is 33.5 Å². The fourth-order valence-electron chi connectivity index (χ4n) is 4.21. The highest BCUT2D eigenvalue weighted by Crippen LogP contribution is 2.16. The summed E-state index contributed by atoms with van der Waals surface area (Å²) in [6, 6.07) is 32.2. The second kappa shape index (κ2) is 21.9. The molecule has 0 aliphatic carbocycles. The van der Waals surface area contributed by atoms with Crippen molar-refractivity contribution < 1.29 is 34.1 Å². The van der Waals surface area contributed by atoms with Gasteiger partial charge in [0.05, 0.1) is 31.9 Å². The summed E-state index contributed by atoms with van der Waals surface area (Å²) in [7, 11) is 1.57. The summed E-state index contributed by atoms with van der Waals surface area (Å²) >= 11 is 0. The van der Waals surface area contributed by atoms with E-state index in [2.05, 4.69) is 48.3 Å². The number of aliphatic hydroxyl groups is 2. The highest BCUT2D eigenvalue weighted by molar-refractivity contribution is 5.78. The molecule has 0 fully saturated rings. The fourth-order valence-corrected chi connectivity index (χ4v) is 4.21. The van der Waals surface area contributed by atoms with E-state index in [9.17, 15) is 14.4 Å². The molecule has 8 nitrogen and oxygen atoms in total. The van der Waals surface area contributed by atoms with Crippen molar-refractivity contribution in [1.29, 1.82) is 0 Å². The van der Waals surface area contributed by atoms with E-state index in [1.807, 2.05) is 60.7 Å². The third kappa shape index (κ3) is 15.8. The van der Waals surface area contributed by atoms with Crippen LogP contribution >= 0.6 is 0 Å². The molecule has 0 aliphatic rings. The number of ether oxygens (including phenoxy) is 2. The molecule has 8 heteroatoms. The van der Waals surface area contributed by atoms with Crippen LogP contribution in [-0.4, -0.2) is 61.6 Å². The number of hydrogen-bond donors (Lipinski definition) is 2. The number of methoxy groups -OCH3 is 1. The van der Waals surface area contributed by atoms with Gasteiger partial charge in [-0.1, -0.05) is 90.5 Å². The summed E-state index contributed by atoms with van der Waals surface area (Å²) < 4.78 is 9.91. The topological polar surface area (TPSA) is 122 Å². The largest absolute Gasteiger partial charge is 0.463 e. The lowest BCUT2D eigenvalue weighted by Gasteiger charge is -2.06. The van der Waals surface area contributed by atoms with Crippen LogP contribution in [0.1, 0.15) is 45.9 Å². The number of aryl methyl sites for hydroxylation is 1. The Hall–Kier alpha value is -4.72. The first-order valence-corrected chi connectivity index (χ1v) is 15.0. The van der Waals surface area contributed by atoms with Crippen molar-refractivity contribution in [2.24, 2.45) is 4.99 Å². The fraction of sp³-hybridized carbons (Fsp3) is 0.289. The molecule has 46 heavy (non-hydrogen) atoms. The van der Waals surface area contributed by atoms with Crippen molar-refractivity contribution in [2.45, 2.75) is 39.5 Å². The van der Waals surface area contributed by atoms with Crippen molar-refractivity contribution in [3.8, 4) is 0 Å². The molecule has 0 spiro atoms. The van der Waals surface area contributed by atoms with E-state index < -0.39 is 0 Å². The number of ketones is 1. The van der Waals surface area contributed by atoms with Gasteiger partial charge in [0.1, 0.15) is 12.4 Å². The van der Waals surface area contributed by atoms with Gasteiger partial charge in [-0.2, -0.15) is 4.99 Å². The maximum absolute atomic E-state index is 11.7. The minimum Gasteiger partial charge on any atom is -0.463 e. The summed E-state index contributed by atoms with van der Waals surface area (Å²) in [6.45, 7) is 4.13. The molecular weight excluding hydrogens is 582 g/mol. The molecular formula is C38H43NO7. The first-order valence-electron chi connectivity index (χ1n) is 15.0. The smallest absolute Gasteiger partial charge is 0.310 e. The number of nitrogens with zero attached hydrogens (tertiary/aromatic N) is 1. The minimum absolute atomic E-state index is 0.125. The zero-order chi connectivity index (χ0) is 33.6. The number of carbonyl (C=O) groups excluding carboxylic acids is 3. The summed E-state index contributed by atoms with van der Waals surface area (Å²) in [5, 5.41) is 15.2. The maximum Gasteiger partial charge on any atom is 0.310 e. The normalized spacial score (nSPS) is 9.93. The molecule has 0 aromatic heterocycles. The number of Topliss-reactive ketones (excluding diaryl/α,β-unsaturated/α-hetero) is 1. The zero-order valence-electron chi connectivity index (χ0n) is 26.8. The van der Waals surface area contributed by atoms with Gasteiger partial charge in [-0.3, -0.25) is 9.59 Å². The third-order valence-electron chi connectivity index (χ3n) is 6.55. The standard InChI is InChI=1S/C21H24O4.C15H13NO.C2H6O2/c1-16(22)13-17-3-5-18(6-4-17)14-19-7-9-20(10-8-19)15-21(23)25-12-11-24-2;1-12-2-4-13(5-3-12)10-14-6-8-15(9-7-14)16-11-17;3-1-2-4/h3-10H,11-15H2,1-2H3;2-9H,10H2,1H3;3-4H,1-2H2. The van der Waals surface area contributed by atoms with Gasteiger partial charge in [-0.25, -0.2) is 4.79 Å². The van der Waals surface area contributed by atoms with Crippen molar-refractivity contribution in [3.63, 3.8) is 0 Å². The summed E-state index contributed by atoms with van der Waals surface area (Å²) in [6.07, 6.45) is 4.00. The van der Waals surface area contributed by atoms with Crippen molar-refractivity contribution in [3.05, 3.63) is 136 Å². The molecule has 0 radical (unpaired) electrons. The van der Waals surface area contributed by atoms with Gasteiger partial charge in [0.15, 0.2) is 0 Å². The molecule has 0 amide bonds. The monoisotopic (exact) mass is 625 g/mol. The van der Waals surface area contributed by atoms with Gasteiger partial charge in [0, 0.05) is 13.5 Å². The van der Waals surface area contributed by atoms with Crippen LogP contribution in [0.3, 0.4) is 0 Å². The number of esters is 1. The molecule has 0 bridgehead atoms. The van der Waals surface area contributed by atoms with E-state index >= 15 is 0 Å². The summed E-state index contributed by atoms with van der Waals surface area (Å²) in [4.78, 5) is 36.5.